The third-order valence-corrected chi connectivity index (χ3v) is 7.81. The fraction of sp³-hybridized carbons (Fsp3) is 0.286. The monoisotopic (exact) mass is 564 g/mol. The number of hydrogen-bond donors (Lipinski definition) is 2. The Labute approximate surface area is 222 Å². The molecular weight excluding hydrogens is 539 g/mol. The van der Waals surface area contributed by atoms with Gasteiger partial charge in [-0.25, -0.2) is 9.82 Å². The van der Waals surface area contributed by atoms with Gasteiger partial charge < -0.3 is 15.0 Å². The van der Waals surface area contributed by atoms with Gasteiger partial charge in [-0.15, -0.1) is 0 Å². The van der Waals surface area contributed by atoms with Crippen molar-refractivity contribution < 1.29 is 18.7 Å². The molecule has 2 aromatic rings. The van der Waals surface area contributed by atoms with Crippen molar-refractivity contribution >= 4 is 33.4 Å². The summed E-state index contributed by atoms with van der Waals surface area (Å²) in [4.78, 5) is 26.4. The van der Waals surface area contributed by atoms with Gasteiger partial charge in [0, 0.05) is 40.8 Å². The lowest BCUT2D eigenvalue weighted by Crippen LogP contribution is -2.38. The van der Waals surface area contributed by atoms with E-state index < -0.39 is 6.23 Å². The molecule has 3 aliphatic heterocycles. The molecule has 2 saturated heterocycles. The number of hydrogen-bond acceptors (Lipinski definition) is 5. The van der Waals surface area contributed by atoms with Crippen LogP contribution in [-0.4, -0.2) is 36.1 Å². The maximum Gasteiger partial charge on any atom is 0.250 e. The van der Waals surface area contributed by atoms with Gasteiger partial charge in [-0.05, 0) is 60.9 Å². The zero-order chi connectivity index (χ0) is 25.5. The normalized spacial score (nSPS) is 25.1. The first-order chi connectivity index (χ1) is 17.9. The first kappa shape index (κ1) is 24.1. The minimum Gasteiger partial charge on any atom is -0.344 e. The van der Waals surface area contributed by atoms with Crippen LogP contribution in [0.3, 0.4) is 0 Å². The molecule has 9 heteroatoms. The zero-order valence-corrected chi connectivity index (χ0v) is 21.6. The lowest BCUT2D eigenvalue weighted by Gasteiger charge is -2.28. The second-order valence-corrected chi connectivity index (χ2v) is 10.6. The number of anilines is 1. The Morgan fingerprint density at radius 2 is 1.81 bits per heavy atom. The summed E-state index contributed by atoms with van der Waals surface area (Å²) in [6.07, 6.45) is 7.51. The van der Waals surface area contributed by atoms with E-state index in [1.165, 1.54) is 17.7 Å². The van der Waals surface area contributed by atoms with Gasteiger partial charge in [0.1, 0.15) is 12.4 Å². The van der Waals surface area contributed by atoms with Crippen LogP contribution in [0, 0.1) is 11.7 Å². The number of carbonyl (C=O) groups is 2. The van der Waals surface area contributed by atoms with E-state index in [2.05, 4.69) is 32.7 Å². The number of nitrogens with zero attached hydrogens (tertiary/aromatic N) is 2. The van der Waals surface area contributed by atoms with E-state index in [0.717, 1.165) is 33.4 Å². The van der Waals surface area contributed by atoms with Crippen molar-refractivity contribution in [3.63, 3.8) is 0 Å². The fourth-order valence-electron chi connectivity index (χ4n) is 5.38. The summed E-state index contributed by atoms with van der Waals surface area (Å²) in [5, 5.41) is 4.83. The lowest BCUT2D eigenvalue weighted by molar-refractivity contribution is -0.127. The van der Waals surface area contributed by atoms with Crippen LogP contribution in [0.1, 0.15) is 30.9 Å². The quantitative estimate of drug-likeness (QED) is 0.541. The van der Waals surface area contributed by atoms with Crippen molar-refractivity contribution in [1.29, 1.82) is 0 Å². The molecular formula is C28H26BrFN4O3. The van der Waals surface area contributed by atoms with Crippen LogP contribution in [0.25, 0.3) is 0 Å². The average Bonchev–Trinajstić information content (AvgIpc) is 3.59. The molecule has 0 radical (unpaired) electrons. The van der Waals surface area contributed by atoms with Gasteiger partial charge >= 0.3 is 0 Å². The first-order valence-corrected chi connectivity index (χ1v) is 13.1. The van der Waals surface area contributed by atoms with Crippen LogP contribution in [-0.2, 0) is 14.3 Å². The van der Waals surface area contributed by atoms with E-state index in [-0.39, 0.29) is 36.2 Å². The molecule has 7 nitrogen and oxygen atoms in total. The topological polar surface area (TPSA) is 73.9 Å². The van der Waals surface area contributed by atoms with E-state index in [1.807, 2.05) is 41.6 Å². The van der Waals surface area contributed by atoms with E-state index in [4.69, 9.17) is 4.74 Å². The standard InChI is InChI=1S/C28H26BrFN4O3/c29-20-4-8-22(9-5-20)34-15-23(27(32-34)18-2-6-21(30)7-3-18)28-33(26(36)16-37-28)12-11-17-1-10-24-19(13-17)14-25(35)31-24/h1-10,15,19,27-28,32H,11-14,16H2,(H,31,35). The number of carbonyl (C=O) groups excluding carboxylic acids is 2. The van der Waals surface area contributed by atoms with Crippen LogP contribution < -0.4 is 15.8 Å². The molecule has 4 aliphatic rings. The summed E-state index contributed by atoms with van der Waals surface area (Å²) in [5.41, 5.74) is 8.38. The number of fused-ring (bicyclic) bond motifs is 1. The number of allylic oxidation sites excluding steroid dienone is 3. The van der Waals surface area contributed by atoms with Crippen molar-refractivity contribution in [2.45, 2.75) is 31.5 Å². The highest BCUT2D eigenvalue weighted by Gasteiger charge is 2.41. The van der Waals surface area contributed by atoms with Gasteiger partial charge in [0.05, 0.1) is 11.7 Å². The summed E-state index contributed by atoms with van der Waals surface area (Å²) >= 11 is 3.48. The van der Waals surface area contributed by atoms with E-state index in [1.54, 1.807) is 17.0 Å². The zero-order valence-electron chi connectivity index (χ0n) is 20.0. The van der Waals surface area contributed by atoms with Crippen molar-refractivity contribution in [3.05, 3.63) is 99.6 Å². The SMILES string of the molecule is O=C1CC2CC(CCN3C(=O)COC3C3=CN(c4ccc(Br)cc4)NC3c3ccc(F)cc3)=CC=C2N1. The molecule has 3 unspecified atom stereocenters. The largest absolute Gasteiger partial charge is 0.344 e. The Bertz CT molecular complexity index is 1320. The summed E-state index contributed by atoms with van der Waals surface area (Å²) < 4.78 is 20.7. The Morgan fingerprint density at radius 3 is 2.59 bits per heavy atom. The third-order valence-electron chi connectivity index (χ3n) is 7.28. The number of ether oxygens (including phenoxy) is 1. The smallest absolute Gasteiger partial charge is 0.250 e. The Morgan fingerprint density at radius 1 is 1.03 bits per heavy atom. The van der Waals surface area contributed by atoms with Crippen LogP contribution in [0.5, 0.6) is 0 Å². The number of benzene rings is 2. The second-order valence-electron chi connectivity index (χ2n) is 9.69. The highest BCUT2D eigenvalue weighted by molar-refractivity contribution is 9.10. The lowest BCUT2D eigenvalue weighted by atomic mass is 9.89. The summed E-state index contributed by atoms with van der Waals surface area (Å²) in [5.74, 6) is -0.0888. The molecule has 3 heterocycles. The number of halogens is 2. The molecule has 6 rings (SSSR count). The minimum atomic E-state index is -0.541. The van der Waals surface area contributed by atoms with Gasteiger partial charge in [-0.3, -0.25) is 14.6 Å². The molecule has 2 amide bonds. The molecule has 0 bridgehead atoms. The Balaban J connectivity index is 1.24. The van der Waals surface area contributed by atoms with Crippen LogP contribution in [0.15, 0.2) is 88.2 Å². The molecule has 190 valence electrons. The number of hydrazine groups is 1. The fourth-order valence-corrected chi connectivity index (χ4v) is 5.64. The van der Waals surface area contributed by atoms with Crippen molar-refractivity contribution in [2.75, 3.05) is 18.2 Å². The molecule has 1 aliphatic carbocycles. The third kappa shape index (κ3) is 4.86. The Kier molecular flexibility index (Phi) is 6.44. The molecule has 2 aromatic carbocycles. The predicted molar refractivity (Wildman–Crippen MR) is 140 cm³/mol. The first-order valence-electron chi connectivity index (χ1n) is 12.3. The molecule has 37 heavy (non-hydrogen) atoms. The van der Waals surface area contributed by atoms with Gasteiger partial charge in [0.25, 0.3) is 5.91 Å². The van der Waals surface area contributed by atoms with Gasteiger partial charge in [0.2, 0.25) is 5.91 Å². The summed E-state index contributed by atoms with van der Waals surface area (Å²) in [6, 6.07) is 14.0. The molecule has 3 atom stereocenters. The van der Waals surface area contributed by atoms with Gasteiger partial charge in [-0.2, -0.15) is 0 Å². The maximum absolute atomic E-state index is 13.7. The predicted octanol–water partition coefficient (Wildman–Crippen LogP) is 4.46. The maximum atomic E-state index is 13.7. The van der Waals surface area contributed by atoms with Crippen molar-refractivity contribution in [1.82, 2.24) is 15.6 Å². The van der Waals surface area contributed by atoms with E-state index in [9.17, 15) is 14.0 Å². The van der Waals surface area contributed by atoms with Gasteiger partial charge in [-0.1, -0.05) is 39.7 Å². The van der Waals surface area contributed by atoms with Crippen LogP contribution >= 0.6 is 15.9 Å². The van der Waals surface area contributed by atoms with Gasteiger partial charge in [0.15, 0.2) is 6.23 Å². The average molecular weight is 565 g/mol. The molecule has 0 saturated carbocycles. The number of rotatable bonds is 6. The number of nitrogens with one attached hydrogen (secondary N) is 2. The highest BCUT2D eigenvalue weighted by atomic mass is 79.9. The highest BCUT2D eigenvalue weighted by Crippen LogP contribution is 2.37. The Hall–Kier alpha value is -3.27. The second kappa shape index (κ2) is 9.89. The molecule has 0 spiro atoms. The van der Waals surface area contributed by atoms with Crippen LogP contribution in [0.2, 0.25) is 0 Å². The van der Waals surface area contributed by atoms with Crippen molar-refractivity contribution in [3.8, 4) is 0 Å². The van der Waals surface area contributed by atoms with E-state index in [0.29, 0.717) is 19.4 Å². The summed E-state index contributed by atoms with van der Waals surface area (Å²) in [6.45, 7) is 0.527. The van der Waals surface area contributed by atoms with Crippen molar-refractivity contribution in [2.24, 2.45) is 5.92 Å². The molecule has 2 fully saturated rings. The summed E-state index contributed by atoms with van der Waals surface area (Å²) in [7, 11) is 0. The minimum absolute atomic E-state index is 0.0145. The molecule has 2 N–H and O–H groups in total. The number of amides is 2. The molecule has 0 aromatic heterocycles. The van der Waals surface area contributed by atoms with Crippen LogP contribution in [0.4, 0.5) is 10.1 Å². The van der Waals surface area contributed by atoms with E-state index >= 15 is 0 Å².